The van der Waals surface area contributed by atoms with Crippen molar-refractivity contribution in [1.82, 2.24) is 0 Å². The third-order valence-corrected chi connectivity index (χ3v) is 7.47. The third kappa shape index (κ3) is 8.21. The number of ether oxygens (including phenoxy) is 6. The van der Waals surface area contributed by atoms with Crippen LogP contribution in [0.1, 0.15) is 18.1 Å². The van der Waals surface area contributed by atoms with Gasteiger partial charge >= 0.3 is 5.97 Å². The van der Waals surface area contributed by atoms with Gasteiger partial charge < -0.3 is 69.3 Å². The number of hydrogen-bond donors (Lipinski definition) is 8. The summed E-state index contributed by atoms with van der Waals surface area (Å²) in [4.78, 5) is 12.9. The molecule has 2 aliphatic heterocycles. The van der Waals surface area contributed by atoms with Gasteiger partial charge in [-0.1, -0.05) is 12.1 Å². The highest BCUT2D eigenvalue weighted by Crippen LogP contribution is 2.32. The Labute approximate surface area is 258 Å². The number of phenolic OH excluding ortho intramolecular Hbond substituents is 3. The third-order valence-electron chi connectivity index (χ3n) is 7.47. The van der Waals surface area contributed by atoms with E-state index in [1.54, 1.807) is 6.07 Å². The molecule has 4 rings (SSSR count). The van der Waals surface area contributed by atoms with Crippen LogP contribution in [0.3, 0.4) is 0 Å². The van der Waals surface area contributed by atoms with Crippen LogP contribution < -0.4 is 4.74 Å². The maximum atomic E-state index is 12.9. The number of benzene rings is 2. The molecule has 0 unspecified atom stereocenters. The van der Waals surface area contributed by atoms with Crippen molar-refractivity contribution >= 4 is 12.0 Å². The molecule has 2 fully saturated rings. The SMILES string of the molecule is COc1cc(/C=C\C(=O)O[C@H]2[C@H](O[C@H]3O[C@H](C)[C@@H](O)[C@H](O)[C@@H]3O)[C@@H](O)[C@H](OCCc3ccc(O)c(O)c3)O[C@@H]2CO)ccc1O. The predicted octanol–water partition coefficient (Wildman–Crippen LogP) is -0.713. The Morgan fingerprint density at radius 2 is 1.60 bits per heavy atom. The van der Waals surface area contributed by atoms with Gasteiger partial charge in [0.25, 0.3) is 0 Å². The first-order chi connectivity index (χ1) is 21.4. The number of carbonyl (C=O) groups is 1. The van der Waals surface area contributed by atoms with Crippen LogP contribution in [0.4, 0.5) is 0 Å². The average Bonchev–Trinajstić information content (AvgIpc) is 3.02. The van der Waals surface area contributed by atoms with Gasteiger partial charge in [0.15, 0.2) is 41.7 Å². The van der Waals surface area contributed by atoms with Crippen molar-refractivity contribution < 1.29 is 74.1 Å². The number of rotatable bonds is 11. The van der Waals surface area contributed by atoms with Crippen molar-refractivity contribution in [3.8, 4) is 23.0 Å². The highest BCUT2D eigenvalue weighted by molar-refractivity contribution is 5.87. The van der Waals surface area contributed by atoms with Crippen molar-refractivity contribution in [2.24, 2.45) is 0 Å². The van der Waals surface area contributed by atoms with Gasteiger partial charge in [0, 0.05) is 6.08 Å². The zero-order valence-corrected chi connectivity index (χ0v) is 24.4. The molecule has 0 bridgehead atoms. The monoisotopic (exact) mass is 638 g/mol. The van der Waals surface area contributed by atoms with Crippen molar-refractivity contribution in [3.05, 3.63) is 53.6 Å². The van der Waals surface area contributed by atoms with E-state index >= 15 is 0 Å². The lowest BCUT2D eigenvalue weighted by Crippen LogP contribution is -2.65. The zero-order chi connectivity index (χ0) is 32.8. The van der Waals surface area contributed by atoms with Gasteiger partial charge in [0.1, 0.15) is 36.6 Å². The smallest absolute Gasteiger partial charge is 0.331 e. The Balaban J connectivity index is 1.52. The first-order valence-electron chi connectivity index (χ1n) is 14.1. The zero-order valence-electron chi connectivity index (χ0n) is 24.4. The molecule has 2 saturated heterocycles. The highest BCUT2D eigenvalue weighted by atomic mass is 16.7. The minimum Gasteiger partial charge on any atom is -0.504 e. The predicted molar refractivity (Wildman–Crippen MR) is 152 cm³/mol. The van der Waals surface area contributed by atoms with Crippen molar-refractivity contribution in [3.63, 3.8) is 0 Å². The molecule has 2 heterocycles. The Kier molecular flexibility index (Phi) is 11.6. The van der Waals surface area contributed by atoms with Gasteiger partial charge in [0.2, 0.25) is 0 Å². The van der Waals surface area contributed by atoms with Gasteiger partial charge in [-0.15, -0.1) is 0 Å². The molecule has 0 spiro atoms. The number of methoxy groups -OCH3 is 1. The summed E-state index contributed by atoms with van der Waals surface area (Å²) in [5.74, 6) is -1.49. The van der Waals surface area contributed by atoms with Crippen LogP contribution in [0, 0.1) is 0 Å². The molecule has 248 valence electrons. The van der Waals surface area contributed by atoms with Gasteiger partial charge in [-0.05, 0) is 54.8 Å². The van der Waals surface area contributed by atoms with Crippen LogP contribution in [0.2, 0.25) is 0 Å². The summed E-state index contributed by atoms with van der Waals surface area (Å²) >= 11 is 0. The second-order valence-electron chi connectivity index (χ2n) is 10.6. The largest absolute Gasteiger partial charge is 0.504 e. The van der Waals surface area contributed by atoms with Crippen molar-refractivity contribution in [2.45, 2.75) is 74.8 Å². The summed E-state index contributed by atoms with van der Waals surface area (Å²) in [5, 5.41) is 81.4. The van der Waals surface area contributed by atoms with Crippen LogP contribution in [-0.2, 0) is 34.9 Å². The molecule has 0 amide bonds. The molecular weight excluding hydrogens is 600 g/mol. The number of phenols is 3. The number of carbonyl (C=O) groups excluding carboxylic acids is 1. The van der Waals surface area contributed by atoms with E-state index in [2.05, 4.69) is 0 Å². The second-order valence-corrected chi connectivity index (χ2v) is 10.6. The molecule has 10 atom stereocenters. The van der Waals surface area contributed by atoms with Crippen molar-refractivity contribution in [2.75, 3.05) is 20.3 Å². The van der Waals surface area contributed by atoms with E-state index in [1.807, 2.05) is 0 Å². The molecule has 2 aromatic rings. The van der Waals surface area contributed by atoms with Crippen LogP contribution in [-0.4, -0.2) is 129 Å². The summed E-state index contributed by atoms with van der Waals surface area (Å²) in [5.41, 5.74) is 1.07. The number of esters is 1. The maximum absolute atomic E-state index is 12.9. The molecule has 0 aliphatic carbocycles. The Morgan fingerprint density at radius 1 is 0.867 bits per heavy atom. The molecular formula is C30H38O15. The first kappa shape index (κ1) is 34.4. The number of aromatic hydroxyl groups is 3. The molecule has 0 aromatic heterocycles. The summed E-state index contributed by atoms with van der Waals surface area (Å²) in [6.45, 7) is 0.645. The van der Waals surface area contributed by atoms with E-state index in [-0.39, 0.29) is 36.0 Å². The topological polar surface area (TPSA) is 234 Å². The van der Waals surface area contributed by atoms with Crippen LogP contribution in [0.5, 0.6) is 23.0 Å². The quantitative estimate of drug-likeness (QED) is 0.0862. The molecule has 8 N–H and O–H groups in total. The number of hydrogen-bond acceptors (Lipinski definition) is 15. The van der Waals surface area contributed by atoms with Gasteiger partial charge in [-0.3, -0.25) is 0 Å². The standard InChI is InChI=1S/C30H38O15/c1-14-23(36)24(37)25(38)30(42-14)45-28-26(39)29(41-10-9-16-3-6-17(32)19(34)11-16)43-21(13-31)27(28)44-22(35)8-5-15-4-7-18(33)20(12-15)40-2/h3-8,11-12,14,21,23-34,36-39H,9-10,13H2,1-2H3/b8-5-/t14-,21-,23-,24+,25+,26-,27-,28-,29-,30-/m1/s1. The lowest BCUT2D eigenvalue weighted by molar-refractivity contribution is -0.357. The highest BCUT2D eigenvalue weighted by Gasteiger charge is 2.52. The fraction of sp³-hybridized carbons (Fsp3) is 0.500. The van der Waals surface area contributed by atoms with E-state index in [9.17, 15) is 45.6 Å². The normalized spacial score (nSPS) is 32.0. The maximum Gasteiger partial charge on any atom is 0.331 e. The molecule has 15 nitrogen and oxygen atoms in total. The Morgan fingerprint density at radius 3 is 2.29 bits per heavy atom. The van der Waals surface area contributed by atoms with E-state index in [1.165, 1.54) is 50.4 Å². The fourth-order valence-corrected chi connectivity index (χ4v) is 4.91. The number of aliphatic hydroxyl groups excluding tert-OH is 5. The van der Waals surface area contributed by atoms with Crippen LogP contribution in [0.15, 0.2) is 42.5 Å². The molecule has 2 aliphatic rings. The van der Waals surface area contributed by atoms with E-state index in [0.717, 1.165) is 6.08 Å². The Hall–Kier alpha value is -3.51. The van der Waals surface area contributed by atoms with Gasteiger partial charge in [0.05, 0.1) is 26.4 Å². The van der Waals surface area contributed by atoms with E-state index in [4.69, 9.17) is 28.4 Å². The molecule has 15 heteroatoms. The molecule has 0 radical (unpaired) electrons. The summed E-state index contributed by atoms with van der Waals surface area (Å²) in [7, 11) is 1.36. The van der Waals surface area contributed by atoms with Gasteiger partial charge in [-0.25, -0.2) is 4.79 Å². The van der Waals surface area contributed by atoms with E-state index < -0.39 is 74.0 Å². The lowest BCUT2D eigenvalue weighted by atomic mass is 9.97. The van der Waals surface area contributed by atoms with Crippen molar-refractivity contribution in [1.29, 1.82) is 0 Å². The fourth-order valence-electron chi connectivity index (χ4n) is 4.91. The molecule has 0 saturated carbocycles. The molecule has 2 aromatic carbocycles. The van der Waals surface area contributed by atoms with E-state index in [0.29, 0.717) is 11.1 Å². The molecule has 45 heavy (non-hydrogen) atoms. The van der Waals surface area contributed by atoms with Crippen LogP contribution >= 0.6 is 0 Å². The summed E-state index contributed by atoms with van der Waals surface area (Å²) < 4.78 is 33.4. The lowest BCUT2D eigenvalue weighted by Gasteiger charge is -2.46. The first-order valence-corrected chi connectivity index (χ1v) is 14.1. The Bertz CT molecular complexity index is 1320. The second kappa shape index (κ2) is 15.2. The summed E-state index contributed by atoms with van der Waals surface area (Å²) in [6.07, 6.45) is -12.3. The minimum atomic E-state index is -1.76. The summed E-state index contributed by atoms with van der Waals surface area (Å²) in [6, 6.07) is 8.54. The minimum absolute atomic E-state index is 0.0649. The van der Waals surface area contributed by atoms with Crippen LogP contribution in [0.25, 0.3) is 6.08 Å². The number of aliphatic hydroxyl groups is 5. The average molecular weight is 639 g/mol. The van der Waals surface area contributed by atoms with Gasteiger partial charge in [-0.2, -0.15) is 0 Å².